The van der Waals surface area contributed by atoms with Gasteiger partial charge in [0.05, 0.1) is 29.8 Å². The summed E-state index contributed by atoms with van der Waals surface area (Å²) in [5, 5.41) is 9.84. The highest BCUT2D eigenvalue weighted by molar-refractivity contribution is 5.86. The minimum atomic E-state index is 0.648. The number of hydrogen-bond acceptors (Lipinski definition) is 4. The highest BCUT2D eigenvalue weighted by Crippen LogP contribution is 2.34. The zero-order valence-electron chi connectivity index (χ0n) is 15.2. The van der Waals surface area contributed by atoms with E-state index in [0.29, 0.717) is 18.8 Å². The van der Waals surface area contributed by atoms with Crippen LogP contribution in [0.5, 0.6) is 0 Å². The van der Waals surface area contributed by atoms with E-state index in [9.17, 15) is 5.26 Å². The number of anilines is 1. The Morgan fingerprint density at radius 3 is 2.73 bits per heavy atom. The maximum absolute atomic E-state index is 9.84. The first-order chi connectivity index (χ1) is 12.6. The van der Waals surface area contributed by atoms with Gasteiger partial charge in [0.15, 0.2) is 5.65 Å². The number of rotatable bonds is 3. The van der Waals surface area contributed by atoms with Gasteiger partial charge in [0, 0.05) is 18.7 Å². The quantitative estimate of drug-likeness (QED) is 0.680. The number of nitrogens with zero attached hydrogens (tertiary/aromatic N) is 4. The van der Waals surface area contributed by atoms with Crippen LogP contribution in [0.3, 0.4) is 0 Å². The normalized spacial score (nSPS) is 14.7. The highest BCUT2D eigenvalue weighted by atomic mass is 16.5. The molecule has 1 fully saturated rings. The SMILES string of the molecule is C=C(C)Cc1c(C)c(C#N)c2nc3ccccc3n2c1N1CCOCC1. The van der Waals surface area contributed by atoms with Gasteiger partial charge in [-0.15, -0.1) is 0 Å². The van der Waals surface area contributed by atoms with Gasteiger partial charge in [-0.3, -0.25) is 4.40 Å². The molecule has 3 aromatic rings. The number of hydrogen-bond donors (Lipinski definition) is 0. The van der Waals surface area contributed by atoms with Crippen LogP contribution in [0.15, 0.2) is 36.4 Å². The molecule has 1 aliphatic rings. The smallest absolute Gasteiger partial charge is 0.157 e. The number of pyridine rings is 1. The van der Waals surface area contributed by atoms with Crippen LogP contribution < -0.4 is 4.90 Å². The molecule has 1 aliphatic heterocycles. The fourth-order valence-corrected chi connectivity index (χ4v) is 3.78. The van der Waals surface area contributed by atoms with Gasteiger partial charge in [-0.1, -0.05) is 24.3 Å². The van der Waals surface area contributed by atoms with Crippen LogP contribution in [0.25, 0.3) is 16.7 Å². The highest BCUT2D eigenvalue weighted by Gasteiger charge is 2.25. The van der Waals surface area contributed by atoms with Crippen LogP contribution in [-0.2, 0) is 11.2 Å². The van der Waals surface area contributed by atoms with Crippen LogP contribution in [-0.4, -0.2) is 35.7 Å². The number of benzene rings is 1. The zero-order valence-corrected chi connectivity index (χ0v) is 15.2. The first kappa shape index (κ1) is 16.6. The summed E-state index contributed by atoms with van der Waals surface area (Å²) < 4.78 is 7.72. The Kier molecular flexibility index (Phi) is 4.14. The molecular weight excluding hydrogens is 324 g/mol. The topological polar surface area (TPSA) is 53.6 Å². The molecule has 5 heteroatoms. The van der Waals surface area contributed by atoms with Crippen LogP contribution in [0.2, 0.25) is 0 Å². The molecule has 0 aliphatic carbocycles. The maximum Gasteiger partial charge on any atom is 0.157 e. The third-order valence-corrected chi connectivity index (χ3v) is 4.99. The number of imidazole rings is 1. The van der Waals surface area contributed by atoms with Gasteiger partial charge in [0.1, 0.15) is 11.9 Å². The van der Waals surface area contributed by atoms with E-state index in [1.54, 1.807) is 0 Å². The molecule has 5 nitrogen and oxygen atoms in total. The molecular formula is C21H22N4O. The molecule has 0 amide bonds. The molecule has 132 valence electrons. The van der Waals surface area contributed by atoms with E-state index in [1.807, 2.05) is 32.0 Å². The molecule has 1 aromatic carbocycles. The van der Waals surface area contributed by atoms with E-state index in [0.717, 1.165) is 58.7 Å². The summed E-state index contributed by atoms with van der Waals surface area (Å²) in [4.78, 5) is 7.14. The standard InChI is InChI=1S/C21H22N4O/c1-14(2)12-16-15(3)17(13-22)20-23-18-6-4-5-7-19(18)25(20)21(16)24-8-10-26-11-9-24/h4-7H,1,8-12H2,2-3H3. The van der Waals surface area contributed by atoms with Crippen molar-refractivity contribution in [1.82, 2.24) is 9.38 Å². The van der Waals surface area contributed by atoms with E-state index in [2.05, 4.69) is 28.0 Å². The first-order valence-corrected chi connectivity index (χ1v) is 8.91. The number of morpholine rings is 1. The molecule has 4 rings (SSSR count). The number of ether oxygens (including phenoxy) is 1. The van der Waals surface area contributed by atoms with Crippen LogP contribution in [0, 0.1) is 18.3 Å². The molecule has 1 saturated heterocycles. The average Bonchev–Trinajstić information content (AvgIpc) is 3.02. The summed E-state index contributed by atoms with van der Waals surface area (Å²) in [5.41, 5.74) is 6.56. The van der Waals surface area contributed by atoms with Crippen LogP contribution >= 0.6 is 0 Å². The van der Waals surface area contributed by atoms with E-state index in [1.165, 1.54) is 0 Å². The Morgan fingerprint density at radius 1 is 1.31 bits per heavy atom. The van der Waals surface area contributed by atoms with Gasteiger partial charge >= 0.3 is 0 Å². The van der Waals surface area contributed by atoms with Crippen LogP contribution in [0.4, 0.5) is 5.82 Å². The molecule has 0 atom stereocenters. The lowest BCUT2D eigenvalue weighted by molar-refractivity contribution is 0.122. The molecule has 0 radical (unpaired) electrons. The van der Waals surface area contributed by atoms with Crippen molar-refractivity contribution in [2.45, 2.75) is 20.3 Å². The Bertz CT molecular complexity index is 1050. The van der Waals surface area contributed by atoms with E-state index < -0.39 is 0 Å². The summed E-state index contributed by atoms with van der Waals surface area (Å²) in [5.74, 6) is 1.12. The Labute approximate surface area is 153 Å². The Hall–Kier alpha value is -2.84. The minimum Gasteiger partial charge on any atom is -0.378 e. The second-order valence-electron chi connectivity index (χ2n) is 6.91. The summed E-state index contributed by atoms with van der Waals surface area (Å²) >= 11 is 0. The maximum atomic E-state index is 9.84. The monoisotopic (exact) mass is 346 g/mol. The lowest BCUT2D eigenvalue weighted by Gasteiger charge is -2.32. The van der Waals surface area contributed by atoms with Gasteiger partial charge in [-0.05, 0) is 38.0 Å². The van der Waals surface area contributed by atoms with Crippen molar-refractivity contribution in [3.63, 3.8) is 0 Å². The van der Waals surface area contributed by atoms with Crippen molar-refractivity contribution in [3.05, 3.63) is 53.1 Å². The summed E-state index contributed by atoms with van der Waals surface area (Å²) in [6.45, 7) is 11.2. The molecule has 0 bridgehead atoms. The second kappa shape index (κ2) is 6.47. The van der Waals surface area contributed by atoms with E-state index in [4.69, 9.17) is 9.72 Å². The van der Waals surface area contributed by atoms with Gasteiger partial charge in [-0.25, -0.2) is 4.98 Å². The predicted molar refractivity (Wildman–Crippen MR) is 104 cm³/mol. The largest absolute Gasteiger partial charge is 0.378 e. The van der Waals surface area contributed by atoms with Crippen molar-refractivity contribution in [2.24, 2.45) is 0 Å². The van der Waals surface area contributed by atoms with Gasteiger partial charge in [0.25, 0.3) is 0 Å². The number of aromatic nitrogens is 2. The predicted octanol–water partition coefficient (Wildman–Crippen LogP) is 3.62. The third-order valence-electron chi connectivity index (χ3n) is 4.99. The number of allylic oxidation sites excluding steroid dienone is 1. The Morgan fingerprint density at radius 2 is 2.04 bits per heavy atom. The summed E-state index contributed by atoms with van der Waals surface area (Å²) in [6, 6.07) is 10.5. The molecule has 2 aromatic heterocycles. The molecule has 0 unspecified atom stereocenters. The second-order valence-corrected chi connectivity index (χ2v) is 6.91. The first-order valence-electron chi connectivity index (χ1n) is 8.91. The molecule has 3 heterocycles. The third kappa shape index (κ3) is 2.54. The van der Waals surface area contributed by atoms with Crippen LogP contribution in [0.1, 0.15) is 23.6 Å². The molecule has 0 N–H and O–H groups in total. The fraction of sp³-hybridized carbons (Fsp3) is 0.333. The number of para-hydroxylation sites is 2. The van der Waals surface area contributed by atoms with Crippen molar-refractivity contribution in [2.75, 3.05) is 31.2 Å². The van der Waals surface area contributed by atoms with Crippen molar-refractivity contribution in [1.29, 1.82) is 5.26 Å². The summed E-state index contributed by atoms with van der Waals surface area (Å²) in [6.07, 6.45) is 0.746. The number of nitriles is 1. The average molecular weight is 346 g/mol. The van der Waals surface area contributed by atoms with E-state index >= 15 is 0 Å². The number of fused-ring (bicyclic) bond motifs is 3. The lowest BCUT2D eigenvalue weighted by Crippen LogP contribution is -2.38. The lowest BCUT2D eigenvalue weighted by atomic mass is 9.98. The molecule has 0 spiro atoms. The Balaban J connectivity index is 2.15. The summed E-state index contributed by atoms with van der Waals surface area (Å²) in [7, 11) is 0. The van der Waals surface area contributed by atoms with Gasteiger partial charge in [-0.2, -0.15) is 5.26 Å². The van der Waals surface area contributed by atoms with Crippen molar-refractivity contribution >= 4 is 22.5 Å². The molecule has 26 heavy (non-hydrogen) atoms. The zero-order chi connectivity index (χ0) is 18.3. The molecule has 0 saturated carbocycles. The van der Waals surface area contributed by atoms with E-state index in [-0.39, 0.29) is 0 Å². The minimum absolute atomic E-state index is 0.648. The van der Waals surface area contributed by atoms with Gasteiger partial charge in [0.2, 0.25) is 0 Å². The van der Waals surface area contributed by atoms with Gasteiger partial charge < -0.3 is 9.64 Å². The van der Waals surface area contributed by atoms with Crippen molar-refractivity contribution < 1.29 is 4.74 Å². The van der Waals surface area contributed by atoms with Crippen molar-refractivity contribution in [3.8, 4) is 6.07 Å². The fourth-order valence-electron chi connectivity index (χ4n) is 3.78.